The summed E-state index contributed by atoms with van der Waals surface area (Å²) < 4.78 is 71.5. The number of sulfonamides is 1. The van der Waals surface area contributed by atoms with Gasteiger partial charge in [0, 0.05) is 6.54 Å². The lowest BCUT2D eigenvalue weighted by molar-refractivity contribution is -0.248. The van der Waals surface area contributed by atoms with Gasteiger partial charge in [-0.05, 0) is 58.5 Å². The van der Waals surface area contributed by atoms with Crippen LogP contribution in [0.4, 0.5) is 18.9 Å². The van der Waals surface area contributed by atoms with Crippen molar-refractivity contribution in [2.75, 3.05) is 10.8 Å². The molecule has 4 rings (SSSR count). The van der Waals surface area contributed by atoms with E-state index in [1.54, 1.807) is 48.5 Å². The fraction of sp³-hybridized carbons (Fsp3) is 0.200. The second kappa shape index (κ2) is 10.6. The topological polar surface area (TPSA) is 57.6 Å². The zero-order chi connectivity index (χ0) is 27.6. The molecule has 8 heteroatoms. The highest BCUT2D eigenvalue weighted by Gasteiger charge is 2.56. The van der Waals surface area contributed by atoms with Crippen molar-refractivity contribution in [1.29, 1.82) is 0 Å². The predicted octanol–water partition coefficient (Wildman–Crippen LogP) is 7.00. The third-order valence-corrected chi connectivity index (χ3v) is 8.04. The molecule has 0 aromatic heterocycles. The SMILES string of the molecule is CC(C)CN(c1ccc(C(O)(c2cccc(-c3ccccc3)c2)C(F)(F)F)cc1)S(=O)(=O)c1ccccc1. The Kier molecular flexibility index (Phi) is 7.67. The van der Waals surface area contributed by atoms with E-state index in [0.717, 1.165) is 12.1 Å². The molecule has 0 fully saturated rings. The lowest BCUT2D eigenvalue weighted by Crippen LogP contribution is -2.43. The Morgan fingerprint density at radius 1 is 0.737 bits per heavy atom. The summed E-state index contributed by atoms with van der Waals surface area (Å²) in [5, 5.41) is 11.2. The largest absolute Gasteiger partial charge is 0.425 e. The zero-order valence-corrected chi connectivity index (χ0v) is 21.7. The van der Waals surface area contributed by atoms with E-state index in [2.05, 4.69) is 0 Å². The molecule has 1 atom stereocenters. The first-order valence-corrected chi connectivity index (χ1v) is 13.5. The van der Waals surface area contributed by atoms with Gasteiger partial charge in [0.05, 0.1) is 10.6 Å². The molecule has 1 N–H and O–H groups in total. The highest BCUT2D eigenvalue weighted by molar-refractivity contribution is 7.92. The predicted molar refractivity (Wildman–Crippen MR) is 143 cm³/mol. The lowest BCUT2D eigenvalue weighted by Gasteiger charge is -2.32. The summed E-state index contributed by atoms with van der Waals surface area (Å²) in [6.07, 6.45) is -5.04. The van der Waals surface area contributed by atoms with Crippen LogP contribution in [0.25, 0.3) is 11.1 Å². The van der Waals surface area contributed by atoms with Gasteiger partial charge in [0.25, 0.3) is 10.0 Å². The minimum absolute atomic E-state index is 0.0546. The molecule has 0 saturated carbocycles. The first kappa shape index (κ1) is 27.4. The average Bonchev–Trinajstić information content (AvgIpc) is 2.91. The van der Waals surface area contributed by atoms with Crippen molar-refractivity contribution in [2.24, 2.45) is 5.92 Å². The van der Waals surface area contributed by atoms with Crippen molar-refractivity contribution >= 4 is 15.7 Å². The molecule has 0 aliphatic rings. The van der Waals surface area contributed by atoms with Gasteiger partial charge in [-0.3, -0.25) is 4.31 Å². The van der Waals surface area contributed by atoms with Crippen LogP contribution in [0.1, 0.15) is 25.0 Å². The molecule has 0 bridgehead atoms. The Bertz CT molecular complexity index is 1470. The van der Waals surface area contributed by atoms with Crippen LogP contribution in [0.2, 0.25) is 0 Å². The normalized spacial score (nSPS) is 13.8. The fourth-order valence-corrected chi connectivity index (χ4v) is 5.96. The van der Waals surface area contributed by atoms with Gasteiger partial charge in [0.15, 0.2) is 0 Å². The minimum atomic E-state index is -5.04. The summed E-state index contributed by atoms with van der Waals surface area (Å²) in [5.74, 6) is -0.0546. The van der Waals surface area contributed by atoms with E-state index < -0.39 is 27.4 Å². The zero-order valence-electron chi connectivity index (χ0n) is 20.9. The van der Waals surface area contributed by atoms with Crippen LogP contribution < -0.4 is 4.31 Å². The average molecular weight is 540 g/mol. The van der Waals surface area contributed by atoms with Gasteiger partial charge >= 0.3 is 6.18 Å². The molecule has 0 radical (unpaired) electrons. The molecule has 4 aromatic carbocycles. The second-order valence-electron chi connectivity index (χ2n) is 9.44. The number of halogens is 3. The quantitative estimate of drug-likeness (QED) is 0.262. The van der Waals surface area contributed by atoms with E-state index in [-0.39, 0.29) is 28.6 Å². The number of hydrogen-bond acceptors (Lipinski definition) is 3. The molecule has 0 aliphatic heterocycles. The minimum Gasteiger partial charge on any atom is -0.372 e. The first-order chi connectivity index (χ1) is 17.9. The molecule has 38 heavy (non-hydrogen) atoms. The number of hydrogen-bond donors (Lipinski definition) is 1. The molecule has 4 aromatic rings. The molecule has 0 spiro atoms. The number of anilines is 1. The van der Waals surface area contributed by atoms with Gasteiger partial charge in [-0.2, -0.15) is 13.2 Å². The summed E-state index contributed by atoms with van der Waals surface area (Å²) in [6, 6.07) is 27.3. The Morgan fingerprint density at radius 3 is 1.84 bits per heavy atom. The van der Waals surface area contributed by atoms with E-state index in [4.69, 9.17) is 0 Å². The van der Waals surface area contributed by atoms with Crippen LogP contribution >= 0.6 is 0 Å². The summed E-state index contributed by atoms with van der Waals surface area (Å²) in [5.41, 5.74) is -2.62. The maximum atomic E-state index is 14.5. The maximum absolute atomic E-state index is 14.5. The molecule has 0 amide bonds. The number of aliphatic hydroxyl groups is 1. The number of alkyl halides is 3. The summed E-state index contributed by atoms with van der Waals surface area (Å²) >= 11 is 0. The fourth-order valence-electron chi connectivity index (χ4n) is 4.31. The van der Waals surface area contributed by atoms with Crippen LogP contribution in [-0.4, -0.2) is 26.2 Å². The Hall–Kier alpha value is -3.62. The van der Waals surface area contributed by atoms with Crippen LogP contribution in [0.5, 0.6) is 0 Å². The highest BCUT2D eigenvalue weighted by atomic mass is 32.2. The monoisotopic (exact) mass is 539 g/mol. The van der Waals surface area contributed by atoms with Gasteiger partial charge in [-0.1, -0.05) is 92.7 Å². The summed E-state index contributed by atoms with van der Waals surface area (Å²) in [4.78, 5) is 0.0780. The molecular weight excluding hydrogens is 511 g/mol. The van der Waals surface area contributed by atoms with E-state index in [0.29, 0.717) is 11.1 Å². The van der Waals surface area contributed by atoms with Crippen molar-refractivity contribution in [3.63, 3.8) is 0 Å². The van der Waals surface area contributed by atoms with Crippen molar-refractivity contribution in [3.05, 3.63) is 120 Å². The number of benzene rings is 4. The van der Waals surface area contributed by atoms with Crippen molar-refractivity contribution in [2.45, 2.75) is 30.5 Å². The Morgan fingerprint density at radius 2 is 1.29 bits per heavy atom. The van der Waals surface area contributed by atoms with E-state index in [1.165, 1.54) is 46.8 Å². The standard InChI is InChI=1S/C30H28F3NO3S/c1-22(2)21-34(38(36,37)28-14-7-4-8-15-28)27-18-16-25(17-19-27)29(35,30(31,32)33)26-13-9-12-24(20-26)23-10-5-3-6-11-23/h3-20,22,35H,21H2,1-2H3. The molecule has 198 valence electrons. The maximum Gasteiger partial charge on any atom is 0.425 e. The van der Waals surface area contributed by atoms with Crippen LogP contribution in [0, 0.1) is 5.92 Å². The summed E-state index contributed by atoms with van der Waals surface area (Å²) in [6.45, 7) is 3.83. The Labute approximate surface area is 221 Å². The number of rotatable bonds is 8. The van der Waals surface area contributed by atoms with Crippen LogP contribution in [-0.2, 0) is 15.6 Å². The molecule has 4 nitrogen and oxygen atoms in total. The van der Waals surface area contributed by atoms with E-state index in [1.807, 2.05) is 19.9 Å². The van der Waals surface area contributed by atoms with Gasteiger partial charge in [-0.25, -0.2) is 8.42 Å². The van der Waals surface area contributed by atoms with E-state index >= 15 is 0 Å². The lowest BCUT2D eigenvalue weighted by atomic mass is 9.84. The smallest absolute Gasteiger partial charge is 0.372 e. The molecule has 0 aliphatic carbocycles. The molecule has 0 saturated heterocycles. The first-order valence-electron chi connectivity index (χ1n) is 12.1. The summed E-state index contributed by atoms with van der Waals surface area (Å²) in [7, 11) is -3.97. The Balaban J connectivity index is 1.78. The van der Waals surface area contributed by atoms with Gasteiger partial charge in [0.2, 0.25) is 5.60 Å². The third-order valence-electron chi connectivity index (χ3n) is 6.23. The number of nitrogens with zero attached hydrogens (tertiary/aromatic N) is 1. The molecular formula is C30H28F3NO3S. The third kappa shape index (κ3) is 5.33. The molecule has 0 heterocycles. The van der Waals surface area contributed by atoms with Gasteiger partial charge in [-0.15, -0.1) is 0 Å². The van der Waals surface area contributed by atoms with Crippen molar-refractivity contribution in [1.82, 2.24) is 0 Å². The second-order valence-corrected chi connectivity index (χ2v) is 11.3. The molecule has 1 unspecified atom stereocenters. The van der Waals surface area contributed by atoms with E-state index in [9.17, 15) is 26.7 Å². The van der Waals surface area contributed by atoms with Crippen LogP contribution in [0.15, 0.2) is 114 Å². The van der Waals surface area contributed by atoms with Gasteiger partial charge in [0.1, 0.15) is 0 Å². The van der Waals surface area contributed by atoms with Crippen molar-refractivity contribution in [3.8, 4) is 11.1 Å². The van der Waals surface area contributed by atoms with Gasteiger partial charge < -0.3 is 5.11 Å². The van der Waals surface area contributed by atoms with Crippen LogP contribution in [0.3, 0.4) is 0 Å². The van der Waals surface area contributed by atoms with Crippen molar-refractivity contribution < 1.29 is 26.7 Å². The highest BCUT2D eigenvalue weighted by Crippen LogP contribution is 2.45.